The van der Waals surface area contributed by atoms with Crippen molar-refractivity contribution in [1.29, 1.82) is 0 Å². The molecule has 1 fully saturated rings. The summed E-state index contributed by atoms with van der Waals surface area (Å²) in [6.45, 7) is -0.678. The molecule has 0 radical (unpaired) electrons. The number of rotatable bonds is 9. The molecule has 0 saturated heterocycles. The first-order chi connectivity index (χ1) is 14.4. The van der Waals surface area contributed by atoms with Crippen molar-refractivity contribution in [3.8, 4) is 5.75 Å². The minimum absolute atomic E-state index is 0.174. The van der Waals surface area contributed by atoms with E-state index in [1.54, 1.807) is 41.8 Å². The van der Waals surface area contributed by atoms with Gasteiger partial charge in [-0.05, 0) is 48.6 Å². The Balaban J connectivity index is 1.45. The average molecular weight is 453 g/mol. The summed E-state index contributed by atoms with van der Waals surface area (Å²) >= 11 is 1.15. The van der Waals surface area contributed by atoms with E-state index in [1.807, 2.05) is 0 Å². The third-order valence-corrected chi connectivity index (χ3v) is 7.91. The zero-order chi connectivity index (χ0) is 21.6. The number of nitrogens with one attached hydrogen (secondary N) is 1. The quantitative estimate of drug-likeness (QED) is 0.587. The second-order valence-electron chi connectivity index (χ2n) is 6.90. The molecule has 2 aromatic rings. The van der Waals surface area contributed by atoms with E-state index in [0.29, 0.717) is 11.4 Å². The fourth-order valence-electron chi connectivity index (χ4n) is 3.11. The molecule has 1 saturated carbocycles. The maximum Gasteiger partial charge on any atom is 0.344 e. The largest absolute Gasteiger partial charge is 0.482 e. The Morgan fingerprint density at radius 2 is 1.83 bits per heavy atom. The Morgan fingerprint density at radius 3 is 2.47 bits per heavy atom. The van der Waals surface area contributed by atoms with Crippen molar-refractivity contribution in [2.24, 2.45) is 0 Å². The van der Waals surface area contributed by atoms with Crippen LogP contribution >= 0.6 is 11.3 Å². The van der Waals surface area contributed by atoms with Gasteiger partial charge in [0.05, 0.1) is 5.69 Å². The van der Waals surface area contributed by atoms with Gasteiger partial charge in [0.25, 0.3) is 15.9 Å². The molecule has 0 atom stereocenters. The summed E-state index contributed by atoms with van der Waals surface area (Å²) in [5, 5.41) is 4.54. The van der Waals surface area contributed by atoms with Gasteiger partial charge in [0.15, 0.2) is 13.2 Å². The number of hydrogen-bond donors (Lipinski definition) is 1. The first-order valence-electron chi connectivity index (χ1n) is 9.56. The van der Waals surface area contributed by atoms with Gasteiger partial charge in [0.2, 0.25) is 0 Å². The Bertz CT molecular complexity index is 952. The Hall–Kier alpha value is -2.59. The number of sulfonamides is 1. The number of carbonyl (C=O) groups excluding carboxylic acids is 2. The number of anilines is 1. The van der Waals surface area contributed by atoms with Crippen molar-refractivity contribution in [2.45, 2.75) is 35.9 Å². The molecule has 1 amide bonds. The van der Waals surface area contributed by atoms with Gasteiger partial charge >= 0.3 is 5.97 Å². The van der Waals surface area contributed by atoms with Gasteiger partial charge in [-0.2, -0.15) is 0 Å². The number of hydrogen-bond acceptors (Lipinski definition) is 7. The molecule has 1 aromatic heterocycles. The van der Waals surface area contributed by atoms with Crippen LogP contribution in [0.1, 0.15) is 25.7 Å². The first-order valence-corrected chi connectivity index (χ1v) is 11.9. The SMILES string of the molecule is CN(c1ccc(OCC(=O)OCC(=O)NC2CCCC2)cc1)S(=O)(=O)c1cccs1. The third-order valence-electron chi connectivity index (χ3n) is 4.75. The van der Waals surface area contributed by atoms with Crippen LogP contribution in [-0.4, -0.2) is 46.6 Å². The Morgan fingerprint density at radius 1 is 1.13 bits per heavy atom. The molecule has 0 unspecified atom stereocenters. The topological polar surface area (TPSA) is 102 Å². The van der Waals surface area contributed by atoms with E-state index in [2.05, 4.69) is 5.32 Å². The summed E-state index contributed by atoms with van der Waals surface area (Å²) < 4.78 is 36.8. The fraction of sp³-hybridized carbons (Fsp3) is 0.400. The van der Waals surface area contributed by atoms with E-state index in [4.69, 9.17) is 9.47 Å². The van der Waals surface area contributed by atoms with Gasteiger partial charge < -0.3 is 14.8 Å². The van der Waals surface area contributed by atoms with Crippen molar-refractivity contribution in [3.05, 3.63) is 41.8 Å². The summed E-state index contributed by atoms with van der Waals surface area (Å²) in [5.74, 6) is -0.583. The van der Waals surface area contributed by atoms with E-state index in [1.165, 1.54) is 11.4 Å². The molecule has 0 bridgehead atoms. The predicted molar refractivity (Wildman–Crippen MR) is 113 cm³/mol. The van der Waals surface area contributed by atoms with Crippen molar-refractivity contribution in [2.75, 3.05) is 24.6 Å². The second kappa shape index (κ2) is 9.94. The molecule has 1 aromatic carbocycles. The first kappa shape index (κ1) is 22.1. The zero-order valence-electron chi connectivity index (χ0n) is 16.6. The van der Waals surface area contributed by atoms with Crippen LogP contribution in [0.25, 0.3) is 0 Å². The van der Waals surface area contributed by atoms with Crippen LogP contribution in [0.4, 0.5) is 5.69 Å². The second-order valence-corrected chi connectivity index (χ2v) is 10.0. The van der Waals surface area contributed by atoms with Gasteiger partial charge in [-0.15, -0.1) is 11.3 Å². The summed E-state index contributed by atoms with van der Waals surface area (Å²) in [6.07, 6.45) is 4.13. The molecule has 1 aliphatic carbocycles. The van der Waals surface area contributed by atoms with Gasteiger partial charge in [0, 0.05) is 13.1 Å². The smallest absolute Gasteiger partial charge is 0.344 e. The molecule has 0 spiro atoms. The number of esters is 1. The van der Waals surface area contributed by atoms with Crippen LogP contribution in [0.15, 0.2) is 46.0 Å². The highest BCUT2D eigenvalue weighted by Crippen LogP contribution is 2.26. The molecule has 1 heterocycles. The monoisotopic (exact) mass is 452 g/mol. The highest BCUT2D eigenvalue weighted by molar-refractivity contribution is 7.94. The number of benzene rings is 1. The highest BCUT2D eigenvalue weighted by Gasteiger charge is 2.22. The maximum absolute atomic E-state index is 12.5. The van der Waals surface area contributed by atoms with Crippen molar-refractivity contribution in [1.82, 2.24) is 5.32 Å². The lowest BCUT2D eigenvalue weighted by Crippen LogP contribution is -2.36. The molecule has 3 rings (SSSR count). The van der Waals surface area contributed by atoms with Crippen molar-refractivity contribution >= 4 is 38.9 Å². The number of thiophene rings is 1. The Kier molecular flexibility index (Phi) is 7.33. The van der Waals surface area contributed by atoms with E-state index in [0.717, 1.165) is 37.0 Å². The van der Waals surface area contributed by atoms with Gasteiger partial charge in [0.1, 0.15) is 9.96 Å². The number of ether oxygens (including phenoxy) is 2. The lowest BCUT2D eigenvalue weighted by atomic mass is 10.2. The maximum atomic E-state index is 12.5. The molecule has 10 heteroatoms. The summed E-state index contributed by atoms with van der Waals surface area (Å²) in [7, 11) is -2.14. The number of carbonyl (C=O) groups is 2. The van der Waals surface area contributed by atoms with Crippen LogP contribution in [0.5, 0.6) is 5.75 Å². The van der Waals surface area contributed by atoms with Crippen LogP contribution in [0.3, 0.4) is 0 Å². The van der Waals surface area contributed by atoms with Crippen LogP contribution in [-0.2, 0) is 24.3 Å². The van der Waals surface area contributed by atoms with Crippen molar-refractivity contribution < 1.29 is 27.5 Å². The zero-order valence-corrected chi connectivity index (χ0v) is 18.2. The number of nitrogens with zero attached hydrogens (tertiary/aromatic N) is 1. The highest BCUT2D eigenvalue weighted by atomic mass is 32.2. The molecule has 30 heavy (non-hydrogen) atoms. The number of amides is 1. The molecular formula is C20H24N2O6S2. The third kappa shape index (κ3) is 5.73. The van der Waals surface area contributed by atoms with Crippen LogP contribution < -0.4 is 14.4 Å². The molecule has 162 valence electrons. The lowest BCUT2D eigenvalue weighted by molar-refractivity contribution is -0.150. The fourth-order valence-corrected chi connectivity index (χ4v) is 5.46. The summed E-state index contributed by atoms with van der Waals surface area (Å²) in [6, 6.07) is 9.70. The van der Waals surface area contributed by atoms with Crippen LogP contribution in [0.2, 0.25) is 0 Å². The molecule has 0 aliphatic heterocycles. The molecule has 8 nitrogen and oxygen atoms in total. The normalized spacial score (nSPS) is 14.3. The van der Waals surface area contributed by atoms with Gasteiger partial charge in [-0.25, -0.2) is 13.2 Å². The lowest BCUT2D eigenvalue weighted by Gasteiger charge is -2.18. The predicted octanol–water partition coefficient (Wildman–Crippen LogP) is 2.55. The van der Waals surface area contributed by atoms with E-state index >= 15 is 0 Å². The van der Waals surface area contributed by atoms with Gasteiger partial charge in [-0.1, -0.05) is 18.9 Å². The average Bonchev–Trinajstić information content (AvgIpc) is 3.45. The minimum Gasteiger partial charge on any atom is -0.482 e. The molecule has 1 aliphatic rings. The van der Waals surface area contributed by atoms with Crippen LogP contribution in [0, 0.1) is 0 Å². The minimum atomic E-state index is -3.61. The van der Waals surface area contributed by atoms with Gasteiger partial charge in [-0.3, -0.25) is 9.10 Å². The van der Waals surface area contributed by atoms with E-state index < -0.39 is 16.0 Å². The summed E-state index contributed by atoms with van der Waals surface area (Å²) in [5.41, 5.74) is 0.460. The molecule has 1 N–H and O–H groups in total. The summed E-state index contributed by atoms with van der Waals surface area (Å²) in [4.78, 5) is 23.5. The van der Waals surface area contributed by atoms with E-state index in [-0.39, 0.29) is 29.4 Å². The standard InChI is InChI=1S/C20H24N2O6S2/c1-22(30(25,26)20-7-4-12-29-20)16-8-10-17(11-9-16)27-14-19(24)28-13-18(23)21-15-5-2-3-6-15/h4,7-12,15H,2-3,5-6,13-14H2,1H3,(H,21,23). The van der Waals surface area contributed by atoms with E-state index in [9.17, 15) is 18.0 Å². The van der Waals surface area contributed by atoms with Crippen molar-refractivity contribution in [3.63, 3.8) is 0 Å². The molecular weight excluding hydrogens is 428 g/mol. The Labute approximate surface area is 179 Å².